The molecule has 0 aliphatic rings. The number of carbonyl (C=O) groups is 1. The molecule has 0 radical (unpaired) electrons. The first-order chi connectivity index (χ1) is 13.4. The second-order valence-corrected chi connectivity index (χ2v) is 8.48. The third kappa shape index (κ3) is 5.44. The highest BCUT2D eigenvalue weighted by Crippen LogP contribution is 2.24. The number of benzene rings is 3. The van der Waals surface area contributed by atoms with Gasteiger partial charge in [0.05, 0.1) is 10.6 Å². The minimum absolute atomic E-state index is 0.125. The number of hydrogen-bond donors (Lipinski definition) is 1. The Bertz CT molecular complexity index is 1050. The van der Waals surface area contributed by atoms with Crippen LogP contribution in [0.4, 0.5) is 5.69 Å². The molecule has 3 rings (SSSR count). The molecule has 28 heavy (non-hydrogen) atoms. The van der Waals surface area contributed by atoms with Crippen molar-refractivity contribution in [3.63, 3.8) is 0 Å². The fraction of sp³-hybridized carbons (Fsp3) is 0.136. The summed E-state index contributed by atoms with van der Waals surface area (Å²) in [7, 11) is -3.50. The van der Waals surface area contributed by atoms with Crippen LogP contribution in [-0.4, -0.2) is 20.1 Å². The van der Waals surface area contributed by atoms with Gasteiger partial charge in [0.1, 0.15) is 11.5 Å². The molecular formula is C22H21NO4S. The zero-order valence-electron chi connectivity index (χ0n) is 15.5. The second-order valence-electron chi connectivity index (χ2n) is 6.37. The molecule has 1 amide bonds. The first kappa shape index (κ1) is 19.6. The summed E-state index contributed by atoms with van der Waals surface area (Å²) in [5, 5.41) is 2.72. The normalized spacial score (nSPS) is 11.0. The van der Waals surface area contributed by atoms with Crippen LogP contribution in [0.25, 0.3) is 0 Å². The van der Waals surface area contributed by atoms with E-state index in [1.54, 1.807) is 48.5 Å². The van der Waals surface area contributed by atoms with E-state index in [4.69, 9.17) is 4.74 Å². The van der Waals surface area contributed by atoms with Crippen LogP contribution in [-0.2, 0) is 14.6 Å². The largest absolute Gasteiger partial charge is 0.457 e. The van der Waals surface area contributed by atoms with E-state index < -0.39 is 9.84 Å². The van der Waals surface area contributed by atoms with Crippen molar-refractivity contribution in [1.29, 1.82) is 0 Å². The predicted molar refractivity (Wildman–Crippen MR) is 109 cm³/mol. The quantitative estimate of drug-likeness (QED) is 0.635. The van der Waals surface area contributed by atoms with Crippen molar-refractivity contribution in [3.8, 4) is 11.5 Å². The van der Waals surface area contributed by atoms with Crippen LogP contribution in [0, 0.1) is 6.92 Å². The number of anilines is 1. The van der Waals surface area contributed by atoms with Gasteiger partial charge < -0.3 is 10.1 Å². The molecule has 0 saturated heterocycles. The van der Waals surface area contributed by atoms with Gasteiger partial charge in [-0.25, -0.2) is 8.42 Å². The summed E-state index contributed by atoms with van der Waals surface area (Å²) in [6, 6.07) is 22.9. The van der Waals surface area contributed by atoms with E-state index in [0.29, 0.717) is 17.2 Å². The van der Waals surface area contributed by atoms with E-state index in [2.05, 4.69) is 5.32 Å². The summed E-state index contributed by atoms with van der Waals surface area (Å²) in [5.41, 5.74) is 1.53. The monoisotopic (exact) mass is 395 g/mol. The van der Waals surface area contributed by atoms with E-state index in [1.165, 1.54) is 0 Å². The van der Waals surface area contributed by atoms with Crippen LogP contribution in [0.5, 0.6) is 11.5 Å². The number of sulfone groups is 1. The molecule has 6 heteroatoms. The van der Waals surface area contributed by atoms with Gasteiger partial charge in [-0.3, -0.25) is 4.79 Å². The molecule has 0 aliphatic heterocycles. The first-order valence-corrected chi connectivity index (χ1v) is 10.5. The molecule has 0 heterocycles. The number of rotatable bonds is 7. The van der Waals surface area contributed by atoms with Crippen molar-refractivity contribution in [3.05, 3.63) is 84.4 Å². The van der Waals surface area contributed by atoms with Gasteiger partial charge in [-0.05, 0) is 43.3 Å². The molecule has 1 N–H and O–H groups in total. The second kappa shape index (κ2) is 8.71. The summed E-state index contributed by atoms with van der Waals surface area (Å²) in [6.07, 6.45) is -0.125. The van der Waals surface area contributed by atoms with Crippen molar-refractivity contribution in [2.24, 2.45) is 0 Å². The fourth-order valence-electron chi connectivity index (χ4n) is 2.58. The van der Waals surface area contributed by atoms with Crippen molar-refractivity contribution in [2.45, 2.75) is 18.2 Å². The van der Waals surface area contributed by atoms with E-state index in [-0.39, 0.29) is 23.0 Å². The molecule has 0 unspecified atom stereocenters. The number of ether oxygens (including phenoxy) is 1. The lowest BCUT2D eigenvalue weighted by molar-refractivity contribution is -0.115. The Labute approximate surface area is 164 Å². The van der Waals surface area contributed by atoms with Crippen molar-refractivity contribution in [1.82, 2.24) is 0 Å². The molecule has 0 bridgehead atoms. The Hall–Kier alpha value is -3.12. The van der Waals surface area contributed by atoms with Crippen molar-refractivity contribution >= 4 is 21.4 Å². The first-order valence-electron chi connectivity index (χ1n) is 8.85. The number of hydrogen-bond acceptors (Lipinski definition) is 4. The third-order valence-corrected chi connectivity index (χ3v) is 5.81. The average Bonchev–Trinajstić information content (AvgIpc) is 2.68. The minimum atomic E-state index is -3.50. The maximum Gasteiger partial charge on any atom is 0.225 e. The Morgan fingerprint density at radius 1 is 0.893 bits per heavy atom. The molecule has 144 valence electrons. The molecule has 0 aromatic heterocycles. The summed E-state index contributed by atoms with van der Waals surface area (Å²) in [5.74, 6) is 0.654. The van der Waals surface area contributed by atoms with E-state index in [0.717, 1.165) is 5.56 Å². The Morgan fingerprint density at radius 2 is 1.57 bits per heavy atom. The number of para-hydroxylation sites is 1. The van der Waals surface area contributed by atoms with E-state index >= 15 is 0 Å². The van der Waals surface area contributed by atoms with Gasteiger partial charge in [-0.1, -0.05) is 42.0 Å². The zero-order chi connectivity index (χ0) is 20.0. The van der Waals surface area contributed by atoms with Gasteiger partial charge in [0.25, 0.3) is 0 Å². The summed E-state index contributed by atoms with van der Waals surface area (Å²) in [4.78, 5) is 12.4. The summed E-state index contributed by atoms with van der Waals surface area (Å²) >= 11 is 0. The summed E-state index contributed by atoms with van der Waals surface area (Å²) < 4.78 is 30.5. The number of nitrogens with one attached hydrogen (secondary N) is 1. The van der Waals surface area contributed by atoms with E-state index in [9.17, 15) is 13.2 Å². The van der Waals surface area contributed by atoms with Crippen molar-refractivity contribution < 1.29 is 17.9 Å². The molecule has 0 aliphatic carbocycles. The summed E-state index contributed by atoms with van der Waals surface area (Å²) in [6.45, 7) is 1.89. The lowest BCUT2D eigenvalue weighted by Crippen LogP contribution is -2.17. The van der Waals surface area contributed by atoms with Gasteiger partial charge in [-0.2, -0.15) is 0 Å². The number of amides is 1. The van der Waals surface area contributed by atoms with Crippen LogP contribution >= 0.6 is 0 Å². The minimum Gasteiger partial charge on any atom is -0.457 e. The highest BCUT2D eigenvalue weighted by Gasteiger charge is 2.16. The lowest BCUT2D eigenvalue weighted by Gasteiger charge is -2.09. The van der Waals surface area contributed by atoms with Crippen LogP contribution in [0.15, 0.2) is 83.8 Å². The molecule has 0 saturated carbocycles. The molecule has 5 nitrogen and oxygen atoms in total. The Morgan fingerprint density at radius 3 is 2.29 bits per heavy atom. The van der Waals surface area contributed by atoms with E-state index in [1.807, 2.05) is 37.3 Å². The van der Waals surface area contributed by atoms with Crippen LogP contribution in [0.2, 0.25) is 0 Å². The van der Waals surface area contributed by atoms with Crippen molar-refractivity contribution in [2.75, 3.05) is 11.1 Å². The molecule has 0 spiro atoms. The van der Waals surface area contributed by atoms with Gasteiger partial charge in [0, 0.05) is 18.2 Å². The Balaban J connectivity index is 1.59. The SMILES string of the molecule is Cc1ccc(S(=O)(=O)CCC(=O)Nc2cccc(Oc3ccccc3)c2)cc1. The number of carbonyl (C=O) groups excluding carboxylic acids is 1. The smallest absolute Gasteiger partial charge is 0.225 e. The zero-order valence-corrected chi connectivity index (χ0v) is 16.3. The standard InChI is InChI=1S/C22H21NO4S/c1-17-10-12-21(13-11-17)28(25,26)15-14-22(24)23-18-6-5-9-20(16-18)27-19-7-3-2-4-8-19/h2-13,16H,14-15H2,1H3,(H,23,24). The molecular weight excluding hydrogens is 374 g/mol. The maximum atomic E-state index is 12.4. The van der Waals surface area contributed by atoms with Crippen LogP contribution in [0.3, 0.4) is 0 Å². The molecule has 0 atom stereocenters. The average molecular weight is 395 g/mol. The van der Waals surface area contributed by atoms with Crippen LogP contribution in [0.1, 0.15) is 12.0 Å². The van der Waals surface area contributed by atoms with Crippen LogP contribution < -0.4 is 10.1 Å². The van der Waals surface area contributed by atoms with Gasteiger partial charge in [0.15, 0.2) is 9.84 Å². The molecule has 3 aromatic carbocycles. The predicted octanol–water partition coefficient (Wildman–Crippen LogP) is 4.59. The highest BCUT2D eigenvalue weighted by atomic mass is 32.2. The molecule has 0 fully saturated rings. The maximum absolute atomic E-state index is 12.4. The van der Waals surface area contributed by atoms with Gasteiger partial charge in [0.2, 0.25) is 5.91 Å². The fourth-order valence-corrected chi connectivity index (χ4v) is 3.82. The third-order valence-electron chi connectivity index (χ3n) is 4.07. The topological polar surface area (TPSA) is 72.5 Å². The van der Waals surface area contributed by atoms with Gasteiger partial charge in [-0.15, -0.1) is 0 Å². The lowest BCUT2D eigenvalue weighted by atomic mass is 10.2. The molecule has 3 aromatic rings. The van der Waals surface area contributed by atoms with Gasteiger partial charge >= 0.3 is 0 Å². The highest BCUT2D eigenvalue weighted by molar-refractivity contribution is 7.91. The Kier molecular flexibility index (Phi) is 6.11. The number of aryl methyl sites for hydroxylation is 1.